The maximum absolute atomic E-state index is 11.9. The first-order valence-electron chi connectivity index (χ1n) is 8.63. The highest BCUT2D eigenvalue weighted by Crippen LogP contribution is 2.25. The van der Waals surface area contributed by atoms with E-state index in [4.69, 9.17) is 14.2 Å². The van der Waals surface area contributed by atoms with Gasteiger partial charge in [0.2, 0.25) is 5.91 Å². The second-order valence-electron chi connectivity index (χ2n) is 5.90. The summed E-state index contributed by atoms with van der Waals surface area (Å²) >= 11 is 0. The summed E-state index contributed by atoms with van der Waals surface area (Å²) in [6.07, 6.45) is 4.58. The van der Waals surface area contributed by atoms with Crippen molar-refractivity contribution in [1.29, 1.82) is 0 Å². The van der Waals surface area contributed by atoms with Gasteiger partial charge in [-0.15, -0.1) is 0 Å². The molecule has 0 spiro atoms. The van der Waals surface area contributed by atoms with E-state index in [2.05, 4.69) is 5.32 Å². The third-order valence-corrected chi connectivity index (χ3v) is 4.17. The van der Waals surface area contributed by atoms with Gasteiger partial charge >= 0.3 is 0 Å². The molecule has 1 aliphatic rings. The standard InChI is InChI=1S/C17H31NO5/c1-3-16(19)14-4-6-15(7-5-14)18-17(20)8-9-22-12-13-23-11-10-21-2/h14-15H,3-13H2,1-2H3,(H,18,20)/t14-,15+. The molecule has 1 saturated carbocycles. The van der Waals surface area contributed by atoms with Crippen LogP contribution in [0.25, 0.3) is 0 Å². The molecule has 1 rings (SSSR count). The molecule has 1 N–H and O–H groups in total. The van der Waals surface area contributed by atoms with E-state index in [0.29, 0.717) is 51.7 Å². The van der Waals surface area contributed by atoms with Crippen LogP contribution in [0.15, 0.2) is 0 Å². The molecule has 23 heavy (non-hydrogen) atoms. The van der Waals surface area contributed by atoms with E-state index in [-0.39, 0.29) is 17.9 Å². The maximum Gasteiger partial charge on any atom is 0.222 e. The number of methoxy groups -OCH3 is 1. The summed E-state index contributed by atoms with van der Waals surface area (Å²) in [6.45, 7) is 4.46. The van der Waals surface area contributed by atoms with Crippen LogP contribution in [-0.4, -0.2) is 57.9 Å². The number of ketones is 1. The number of nitrogens with one attached hydrogen (secondary N) is 1. The number of hydrogen-bond acceptors (Lipinski definition) is 5. The van der Waals surface area contributed by atoms with Crippen LogP contribution < -0.4 is 5.32 Å². The van der Waals surface area contributed by atoms with Crippen molar-refractivity contribution in [1.82, 2.24) is 5.32 Å². The average Bonchev–Trinajstić information content (AvgIpc) is 2.57. The van der Waals surface area contributed by atoms with Gasteiger partial charge in [-0.25, -0.2) is 0 Å². The summed E-state index contributed by atoms with van der Waals surface area (Å²) < 4.78 is 15.5. The van der Waals surface area contributed by atoms with Crippen LogP contribution in [0, 0.1) is 5.92 Å². The Morgan fingerprint density at radius 2 is 1.57 bits per heavy atom. The highest BCUT2D eigenvalue weighted by atomic mass is 16.5. The van der Waals surface area contributed by atoms with Gasteiger partial charge in [0.25, 0.3) is 0 Å². The summed E-state index contributed by atoms with van der Waals surface area (Å²) in [5, 5.41) is 3.04. The van der Waals surface area contributed by atoms with E-state index in [0.717, 1.165) is 25.7 Å². The molecule has 0 aromatic heterocycles. The molecule has 0 radical (unpaired) electrons. The third kappa shape index (κ3) is 9.03. The molecular formula is C17H31NO5. The second-order valence-corrected chi connectivity index (χ2v) is 5.90. The number of rotatable bonds is 12. The van der Waals surface area contributed by atoms with Crippen LogP contribution in [0.2, 0.25) is 0 Å². The molecule has 6 heteroatoms. The van der Waals surface area contributed by atoms with Crippen LogP contribution >= 0.6 is 0 Å². The lowest BCUT2D eigenvalue weighted by Gasteiger charge is -2.28. The Hall–Kier alpha value is -0.980. The fourth-order valence-corrected chi connectivity index (χ4v) is 2.78. The molecule has 6 nitrogen and oxygen atoms in total. The molecule has 1 amide bonds. The highest BCUT2D eigenvalue weighted by Gasteiger charge is 2.25. The second kappa shape index (κ2) is 12.4. The zero-order chi connectivity index (χ0) is 16.9. The zero-order valence-electron chi connectivity index (χ0n) is 14.5. The number of Topliss-reactive ketones (excluding diaryl/α,β-unsaturated/α-hetero) is 1. The Morgan fingerprint density at radius 3 is 2.17 bits per heavy atom. The lowest BCUT2D eigenvalue weighted by atomic mass is 9.83. The molecule has 0 bridgehead atoms. The van der Waals surface area contributed by atoms with Gasteiger partial charge in [-0.3, -0.25) is 9.59 Å². The normalized spacial score (nSPS) is 21.1. The van der Waals surface area contributed by atoms with Crippen molar-refractivity contribution in [2.24, 2.45) is 5.92 Å². The first kappa shape index (κ1) is 20.1. The molecule has 0 aromatic carbocycles. The summed E-state index contributed by atoms with van der Waals surface area (Å²) in [6, 6.07) is 0.209. The van der Waals surface area contributed by atoms with Crippen molar-refractivity contribution in [2.45, 2.75) is 51.5 Å². The average molecular weight is 329 g/mol. The summed E-state index contributed by atoms with van der Waals surface area (Å²) in [4.78, 5) is 23.5. The third-order valence-electron chi connectivity index (χ3n) is 4.17. The van der Waals surface area contributed by atoms with Crippen LogP contribution in [-0.2, 0) is 23.8 Å². The van der Waals surface area contributed by atoms with Crippen molar-refractivity contribution < 1.29 is 23.8 Å². The van der Waals surface area contributed by atoms with Crippen molar-refractivity contribution >= 4 is 11.7 Å². The van der Waals surface area contributed by atoms with Gasteiger partial charge in [-0.05, 0) is 25.7 Å². The van der Waals surface area contributed by atoms with Gasteiger partial charge in [-0.2, -0.15) is 0 Å². The van der Waals surface area contributed by atoms with Crippen molar-refractivity contribution in [3.8, 4) is 0 Å². The summed E-state index contributed by atoms with van der Waals surface area (Å²) in [5.74, 6) is 0.584. The summed E-state index contributed by atoms with van der Waals surface area (Å²) in [5.41, 5.74) is 0. The topological polar surface area (TPSA) is 73.9 Å². The molecule has 1 aliphatic carbocycles. The predicted molar refractivity (Wildman–Crippen MR) is 87.3 cm³/mol. The van der Waals surface area contributed by atoms with E-state index in [1.54, 1.807) is 7.11 Å². The summed E-state index contributed by atoms with van der Waals surface area (Å²) in [7, 11) is 1.63. The number of amides is 1. The van der Waals surface area contributed by atoms with Crippen molar-refractivity contribution in [2.75, 3.05) is 40.1 Å². The molecule has 0 saturated heterocycles. The maximum atomic E-state index is 11.9. The molecule has 0 heterocycles. The van der Waals surface area contributed by atoms with E-state index in [1.807, 2.05) is 6.92 Å². The van der Waals surface area contributed by atoms with Gasteiger partial charge in [0, 0.05) is 31.9 Å². The van der Waals surface area contributed by atoms with Crippen LogP contribution in [0.1, 0.15) is 45.4 Å². The smallest absolute Gasteiger partial charge is 0.222 e. The van der Waals surface area contributed by atoms with E-state index in [9.17, 15) is 9.59 Å². The monoisotopic (exact) mass is 329 g/mol. The molecule has 0 atom stereocenters. The molecule has 134 valence electrons. The Bertz CT molecular complexity index is 340. The first-order chi connectivity index (χ1) is 11.2. The number of hydrogen-bond donors (Lipinski definition) is 1. The largest absolute Gasteiger partial charge is 0.382 e. The quantitative estimate of drug-likeness (QED) is 0.552. The molecular weight excluding hydrogens is 298 g/mol. The van der Waals surface area contributed by atoms with Crippen LogP contribution in [0.4, 0.5) is 0 Å². The van der Waals surface area contributed by atoms with Crippen LogP contribution in [0.3, 0.4) is 0 Å². The van der Waals surface area contributed by atoms with Gasteiger partial charge in [0.05, 0.1) is 33.0 Å². The first-order valence-corrected chi connectivity index (χ1v) is 8.63. The molecule has 1 fully saturated rings. The highest BCUT2D eigenvalue weighted by molar-refractivity contribution is 5.80. The Kier molecular flexibility index (Phi) is 10.9. The molecule has 0 unspecified atom stereocenters. The Labute approximate surface area is 139 Å². The predicted octanol–water partition coefficient (Wildman–Crippen LogP) is 1.71. The Balaban J connectivity index is 1.99. The van der Waals surface area contributed by atoms with E-state index in [1.165, 1.54) is 0 Å². The van der Waals surface area contributed by atoms with Crippen LogP contribution in [0.5, 0.6) is 0 Å². The lowest BCUT2D eigenvalue weighted by Crippen LogP contribution is -2.39. The minimum absolute atomic E-state index is 0.0237. The minimum Gasteiger partial charge on any atom is -0.382 e. The fourth-order valence-electron chi connectivity index (χ4n) is 2.78. The fraction of sp³-hybridized carbons (Fsp3) is 0.882. The molecule has 0 aromatic rings. The number of ether oxygens (including phenoxy) is 3. The van der Waals surface area contributed by atoms with Crippen molar-refractivity contribution in [3.63, 3.8) is 0 Å². The van der Waals surface area contributed by atoms with E-state index < -0.39 is 0 Å². The molecule has 0 aliphatic heterocycles. The van der Waals surface area contributed by atoms with Crippen molar-refractivity contribution in [3.05, 3.63) is 0 Å². The lowest BCUT2D eigenvalue weighted by molar-refractivity contribution is -0.124. The zero-order valence-corrected chi connectivity index (χ0v) is 14.5. The van der Waals surface area contributed by atoms with Gasteiger partial charge < -0.3 is 19.5 Å². The SMILES string of the molecule is CCC(=O)[C@H]1CC[C@@H](NC(=O)CCOCCOCCOC)CC1. The Morgan fingerprint density at radius 1 is 0.957 bits per heavy atom. The van der Waals surface area contributed by atoms with E-state index >= 15 is 0 Å². The van der Waals surface area contributed by atoms with Gasteiger partial charge in [-0.1, -0.05) is 6.92 Å². The number of carbonyl (C=O) groups is 2. The van der Waals surface area contributed by atoms with Gasteiger partial charge in [0.15, 0.2) is 0 Å². The number of carbonyl (C=O) groups excluding carboxylic acids is 2. The minimum atomic E-state index is 0.0237. The van der Waals surface area contributed by atoms with Gasteiger partial charge in [0.1, 0.15) is 5.78 Å².